The number of nitrogens with one attached hydrogen (secondary N) is 1. The lowest BCUT2D eigenvalue weighted by atomic mass is 9.79. The largest absolute Gasteiger partial charge is 0.381 e. The molecule has 0 spiro atoms. The Morgan fingerprint density at radius 1 is 1.18 bits per heavy atom. The van der Waals surface area contributed by atoms with Gasteiger partial charge in [-0.15, -0.1) is 12.4 Å². The summed E-state index contributed by atoms with van der Waals surface area (Å²) in [6, 6.07) is 9.20. The SMILES string of the molecule is Cl.NCC1(C(=O)NC2CCN(S(=O)(=O)Cc3ccccc3)CC2)CCOCC1. The topological polar surface area (TPSA) is 102 Å². The van der Waals surface area contributed by atoms with Crippen LogP contribution in [0.1, 0.15) is 31.2 Å². The molecule has 0 aliphatic carbocycles. The maximum atomic E-state index is 12.8. The molecule has 0 saturated carbocycles. The first kappa shape index (κ1) is 23.1. The number of carbonyl (C=O) groups excluding carboxylic acids is 1. The minimum Gasteiger partial charge on any atom is -0.381 e. The van der Waals surface area contributed by atoms with E-state index < -0.39 is 15.4 Å². The van der Waals surface area contributed by atoms with Crippen LogP contribution >= 0.6 is 12.4 Å². The third kappa shape index (κ3) is 5.45. The van der Waals surface area contributed by atoms with Gasteiger partial charge in [0.1, 0.15) is 0 Å². The number of rotatable bonds is 6. The predicted molar refractivity (Wildman–Crippen MR) is 111 cm³/mol. The Kier molecular flexibility index (Phi) is 8.27. The number of benzene rings is 1. The Bertz CT molecular complexity index is 731. The summed E-state index contributed by atoms with van der Waals surface area (Å²) in [6.45, 7) is 2.28. The van der Waals surface area contributed by atoms with Crippen molar-refractivity contribution in [2.45, 2.75) is 37.5 Å². The summed E-state index contributed by atoms with van der Waals surface area (Å²) in [4.78, 5) is 12.8. The third-order valence-corrected chi connectivity index (χ3v) is 7.55. The second-order valence-electron chi connectivity index (χ2n) is 7.49. The molecule has 1 amide bonds. The zero-order valence-electron chi connectivity index (χ0n) is 16.0. The molecule has 0 unspecified atom stereocenters. The molecule has 3 N–H and O–H groups in total. The lowest BCUT2D eigenvalue weighted by molar-refractivity contribution is -0.136. The van der Waals surface area contributed by atoms with Crippen LogP contribution < -0.4 is 11.1 Å². The number of halogens is 1. The fraction of sp³-hybridized carbons (Fsp3) is 0.632. The molecule has 28 heavy (non-hydrogen) atoms. The molecule has 3 rings (SSSR count). The summed E-state index contributed by atoms with van der Waals surface area (Å²) in [5, 5.41) is 3.11. The molecule has 9 heteroatoms. The third-order valence-electron chi connectivity index (χ3n) is 5.70. The molecule has 2 aliphatic heterocycles. The van der Waals surface area contributed by atoms with Gasteiger partial charge in [0.05, 0.1) is 11.2 Å². The van der Waals surface area contributed by atoms with Crippen molar-refractivity contribution < 1.29 is 17.9 Å². The molecular formula is C19H30ClN3O4S. The Labute approximate surface area is 173 Å². The summed E-state index contributed by atoms with van der Waals surface area (Å²) in [5.41, 5.74) is 6.14. The van der Waals surface area contributed by atoms with Crippen molar-refractivity contribution in [2.24, 2.45) is 11.1 Å². The Balaban J connectivity index is 0.00000280. The fourth-order valence-electron chi connectivity index (χ4n) is 3.78. The van der Waals surface area contributed by atoms with Gasteiger partial charge in [0.25, 0.3) is 0 Å². The number of nitrogens with zero attached hydrogens (tertiary/aromatic N) is 1. The Morgan fingerprint density at radius 2 is 1.79 bits per heavy atom. The first-order valence-corrected chi connectivity index (χ1v) is 11.2. The van der Waals surface area contributed by atoms with Crippen LogP contribution in [-0.2, 0) is 25.3 Å². The normalized spacial score (nSPS) is 20.9. The van der Waals surface area contributed by atoms with Gasteiger partial charge in [-0.1, -0.05) is 30.3 Å². The molecule has 1 aromatic rings. The van der Waals surface area contributed by atoms with Gasteiger partial charge in [-0.3, -0.25) is 4.79 Å². The molecule has 2 saturated heterocycles. The summed E-state index contributed by atoms with van der Waals surface area (Å²) < 4.78 is 32.2. The van der Waals surface area contributed by atoms with Crippen LogP contribution in [0.25, 0.3) is 0 Å². The summed E-state index contributed by atoms with van der Waals surface area (Å²) in [6.07, 6.45) is 2.52. The van der Waals surface area contributed by atoms with E-state index in [4.69, 9.17) is 10.5 Å². The quantitative estimate of drug-likeness (QED) is 0.706. The van der Waals surface area contributed by atoms with Gasteiger partial charge in [0, 0.05) is 38.9 Å². The highest BCUT2D eigenvalue weighted by Gasteiger charge is 2.40. The fourth-order valence-corrected chi connectivity index (χ4v) is 5.34. The number of hydrogen-bond acceptors (Lipinski definition) is 5. The van der Waals surface area contributed by atoms with Crippen LogP contribution in [0.3, 0.4) is 0 Å². The van der Waals surface area contributed by atoms with Crippen LogP contribution in [0, 0.1) is 5.41 Å². The summed E-state index contributed by atoms with van der Waals surface area (Å²) in [7, 11) is -3.34. The second-order valence-corrected chi connectivity index (χ2v) is 9.45. The summed E-state index contributed by atoms with van der Waals surface area (Å²) >= 11 is 0. The molecule has 2 heterocycles. The number of amides is 1. The van der Waals surface area contributed by atoms with Gasteiger partial charge in [-0.2, -0.15) is 0 Å². The molecule has 2 aliphatic rings. The van der Waals surface area contributed by atoms with Gasteiger partial charge in [0.2, 0.25) is 15.9 Å². The minimum absolute atomic E-state index is 0. The van der Waals surface area contributed by atoms with Crippen LogP contribution in [0.2, 0.25) is 0 Å². The molecule has 0 radical (unpaired) electrons. The number of hydrogen-bond donors (Lipinski definition) is 2. The smallest absolute Gasteiger partial charge is 0.227 e. The standard InChI is InChI=1S/C19H29N3O4S.ClH/c20-15-19(8-12-26-13-9-19)18(23)21-17-6-10-22(11-7-17)27(24,25)14-16-4-2-1-3-5-16;/h1-5,17H,6-15,20H2,(H,21,23);1H. The molecule has 1 aromatic carbocycles. The Hall–Kier alpha value is -1.19. The number of piperidine rings is 1. The average molecular weight is 432 g/mol. The van der Waals surface area contributed by atoms with E-state index in [0.717, 1.165) is 5.56 Å². The van der Waals surface area contributed by atoms with Crippen LogP contribution in [0.4, 0.5) is 0 Å². The van der Waals surface area contributed by atoms with E-state index in [9.17, 15) is 13.2 Å². The molecule has 0 aromatic heterocycles. The maximum absolute atomic E-state index is 12.8. The van der Waals surface area contributed by atoms with E-state index in [1.54, 1.807) is 0 Å². The van der Waals surface area contributed by atoms with Crippen molar-refractivity contribution in [2.75, 3.05) is 32.8 Å². The number of carbonyl (C=O) groups is 1. The highest BCUT2D eigenvalue weighted by atomic mass is 35.5. The van der Waals surface area contributed by atoms with Crippen molar-refractivity contribution >= 4 is 28.3 Å². The Morgan fingerprint density at radius 3 is 2.36 bits per heavy atom. The van der Waals surface area contributed by atoms with Gasteiger partial charge in [0.15, 0.2) is 0 Å². The predicted octanol–water partition coefficient (Wildman–Crippen LogP) is 1.27. The first-order chi connectivity index (χ1) is 13.0. The van der Waals surface area contributed by atoms with Gasteiger partial charge in [-0.25, -0.2) is 12.7 Å². The van der Waals surface area contributed by atoms with Crippen LogP contribution in [0.15, 0.2) is 30.3 Å². The lowest BCUT2D eigenvalue weighted by Crippen LogP contribution is -2.54. The second kappa shape index (κ2) is 10.0. The van der Waals surface area contributed by atoms with E-state index in [0.29, 0.717) is 58.5 Å². The molecule has 158 valence electrons. The average Bonchev–Trinajstić information content (AvgIpc) is 2.69. The minimum atomic E-state index is -3.34. The van der Waals surface area contributed by atoms with E-state index in [-0.39, 0.29) is 30.1 Å². The van der Waals surface area contributed by atoms with E-state index in [1.165, 1.54) is 4.31 Å². The van der Waals surface area contributed by atoms with Gasteiger partial charge >= 0.3 is 0 Å². The molecular weight excluding hydrogens is 402 g/mol. The van der Waals surface area contributed by atoms with Gasteiger partial charge in [-0.05, 0) is 31.2 Å². The van der Waals surface area contributed by atoms with Crippen molar-refractivity contribution in [3.63, 3.8) is 0 Å². The lowest BCUT2D eigenvalue weighted by Gasteiger charge is -2.37. The van der Waals surface area contributed by atoms with Crippen molar-refractivity contribution in [1.82, 2.24) is 9.62 Å². The van der Waals surface area contributed by atoms with Crippen LogP contribution in [0.5, 0.6) is 0 Å². The molecule has 2 fully saturated rings. The van der Waals surface area contributed by atoms with Crippen molar-refractivity contribution in [3.05, 3.63) is 35.9 Å². The van der Waals surface area contributed by atoms with E-state index in [1.807, 2.05) is 30.3 Å². The maximum Gasteiger partial charge on any atom is 0.227 e. The number of nitrogens with two attached hydrogens (primary N) is 1. The first-order valence-electron chi connectivity index (χ1n) is 9.56. The molecule has 0 bridgehead atoms. The molecule has 0 atom stereocenters. The zero-order valence-corrected chi connectivity index (χ0v) is 17.6. The monoisotopic (exact) mass is 431 g/mol. The number of sulfonamides is 1. The van der Waals surface area contributed by atoms with Crippen molar-refractivity contribution in [3.8, 4) is 0 Å². The van der Waals surface area contributed by atoms with E-state index >= 15 is 0 Å². The molecule has 7 nitrogen and oxygen atoms in total. The van der Waals surface area contributed by atoms with Crippen LogP contribution in [-0.4, -0.2) is 57.5 Å². The highest BCUT2D eigenvalue weighted by Crippen LogP contribution is 2.30. The highest BCUT2D eigenvalue weighted by molar-refractivity contribution is 7.88. The number of ether oxygens (including phenoxy) is 1. The van der Waals surface area contributed by atoms with Crippen molar-refractivity contribution in [1.29, 1.82) is 0 Å². The van der Waals surface area contributed by atoms with E-state index in [2.05, 4.69) is 5.32 Å². The van der Waals surface area contributed by atoms with Gasteiger partial charge < -0.3 is 15.8 Å². The zero-order chi connectivity index (χ0) is 19.3. The summed E-state index contributed by atoms with van der Waals surface area (Å²) in [5.74, 6) is 0.000116.